The number of hydrogen-bond acceptors (Lipinski definition) is 2. The van der Waals surface area contributed by atoms with Gasteiger partial charge in [0.25, 0.3) is 0 Å². The molecule has 0 rings (SSSR count). The lowest BCUT2D eigenvalue weighted by Crippen LogP contribution is -2.29. The van der Waals surface area contributed by atoms with Crippen LogP contribution in [0, 0.1) is 0 Å². The maximum atomic E-state index is 9.21. The van der Waals surface area contributed by atoms with Crippen molar-refractivity contribution >= 4 is 10.2 Å². The summed E-state index contributed by atoms with van der Waals surface area (Å²) < 4.78 is 3.44. The van der Waals surface area contributed by atoms with E-state index in [0.29, 0.717) is 0 Å². The van der Waals surface area contributed by atoms with Gasteiger partial charge in [0, 0.05) is 0 Å². The third-order valence-corrected chi connectivity index (χ3v) is 6.99. The second-order valence-electron chi connectivity index (χ2n) is 4.52. The molecule has 0 aliphatic carbocycles. The standard InChI is InChI=1S/C13H31NOS/c1-4-7-10-16(14-13-15,11-8-5-2)12-9-6-3/h14-15H,4-13H2,1-3H3. The van der Waals surface area contributed by atoms with Crippen molar-refractivity contribution in [3.63, 3.8) is 0 Å². The highest BCUT2D eigenvalue weighted by Crippen LogP contribution is 2.46. The van der Waals surface area contributed by atoms with Crippen LogP contribution in [0.2, 0.25) is 0 Å². The number of aliphatic hydroxyl groups excluding tert-OH is 1. The van der Waals surface area contributed by atoms with Crippen molar-refractivity contribution in [1.29, 1.82) is 0 Å². The zero-order chi connectivity index (χ0) is 12.3. The van der Waals surface area contributed by atoms with Crippen LogP contribution >= 0.6 is 10.2 Å². The molecule has 3 heteroatoms. The third kappa shape index (κ3) is 6.77. The van der Waals surface area contributed by atoms with Crippen molar-refractivity contribution in [2.75, 3.05) is 24.0 Å². The monoisotopic (exact) mass is 249 g/mol. The van der Waals surface area contributed by atoms with E-state index < -0.39 is 10.2 Å². The summed E-state index contributed by atoms with van der Waals surface area (Å²) in [7, 11) is -0.733. The quantitative estimate of drug-likeness (QED) is 0.548. The first kappa shape index (κ1) is 16.3. The zero-order valence-corrected chi connectivity index (χ0v) is 12.2. The van der Waals surface area contributed by atoms with Crippen LogP contribution in [0.3, 0.4) is 0 Å². The van der Waals surface area contributed by atoms with Crippen LogP contribution in [0.1, 0.15) is 59.3 Å². The van der Waals surface area contributed by atoms with E-state index in [4.69, 9.17) is 0 Å². The maximum Gasteiger partial charge on any atom is 0.101 e. The highest BCUT2D eigenvalue weighted by Gasteiger charge is 2.21. The van der Waals surface area contributed by atoms with Crippen LogP contribution in [-0.2, 0) is 0 Å². The molecular formula is C13H31NOS. The molecular weight excluding hydrogens is 218 g/mol. The fourth-order valence-corrected chi connectivity index (χ4v) is 5.76. The average molecular weight is 249 g/mol. The minimum absolute atomic E-state index is 0.159. The lowest BCUT2D eigenvalue weighted by Gasteiger charge is -2.41. The molecule has 0 amide bonds. The van der Waals surface area contributed by atoms with E-state index in [0.717, 1.165) is 0 Å². The van der Waals surface area contributed by atoms with Gasteiger partial charge in [0.15, 0.2) is 0 Å². The Balaban J connectivity index is 4.32. The molecule has 0 unspecified atom stereocenters. The third-order valence-electron chi connectivity index (χ3n) is 3.04. The molecule has 0 spiro atoms. The summed E-state index contributed by atoms with van der Waals surface area (Å²) >= 11 is 0. The summed E-state index contributed by atoms with van der Waals surface area (Å²) in [5.74, 6) is 3.89. The number of nitrogens with one attached hydrogen (secondary N) is 1. The number of unbranched alkanes of at least 4 members (excludes halogenated alkanes) is 3. The van der Waals surface area contributed by atoms with Crippen LogP contribution in [0.4, 0.5) is 0 Å². The first-order valence-corrected chi connectivity index (χ1v) is 9.00. The summed E-state index contributed by atoms with van der Waals surface area (Å²) in [6.45, 7) is 6.92. The highest BCUT2D eigenvalue weighted by molar-refractivity contribution is 8.32. The summed E-state index contributed by atoms with van der Waals surface area (Å²) in [5, 5.41) is 9.21. The normalized spacial score (nSPS) is 13.0. The summed E-state index contributed by atoms with van der Waals surface area (Å²) in [6, 6.07) is 0. The van der Waals surface area contributed by atoms with E-state index in [1.54, 1.807) is 0 Å². The van der Waals surface area contributed by atoms with Crippen molar-refractivity contribution in [3.8, 4) is 0 Å². The Morgan fingerprint density at radius 2 is 1.19 bits per heavy atom. The van der Waals surface area contributed by atoms with E-state index in [1.165, 1.54) is 55.8 Å². The van der Waals surface area contributed by atoms with Gasteiger partial charge in [-0.05, 0) is 36.5 Å². The second kappa shape index (κ2) is 10.4. The average Bonchev–Trinajstić information content (AvgIpc) is 2.31. The van der Waals surface area contributed by atoms with E-state index in [2.05, 4.69) is 25.5 Å². The van der Waals surface area contributed by atoms with Crippen LogP contribution in [0.25, 0.3) is 0 Å². The van der Waals surface area contributed by atoms with E-state index in [9.17, 15) is 5.11 Å². The van der Waals surface area contributed by atoms with Gasteiger partial charge in [-0.1, -0.05) is 40.0 Å². The Bertz CT molecular complexity index is 131. The summed E-state index contributed by atoms with van der Waals surface area (Å²) in [6.07, 6.45) is 7.70. The number of rotatable bonds is 11. The minimum atomic E-state index is -0.733. The highest BCUT2D eigenvalue weighted by atomic mass is 32.3. The Morgan fingerprint density at radius 3 is 1.44 bits per heavy atom. The number of aliphatic hydroxyl groups is 1. The Labute approximate surface area is 104 Å². The molecule has 0 aliphatic heterocycles. The molecule has 0 bridgehead atoms. The minimum Gasteiger partial charge on any atom is -0.381 e. The smallest absolute Gasteiger partial charge is 0.101 e. The maximum absolute atomic E-state index is 9.21. The topological polar surface area (TPSA) is 32.3 Å². The molecule has 0 aromatic carbocycles. The second-order valence-corrected chi connectivity index (χ2v) is 8.13. The van der Waals surface area contributed by atoms with Gasteiger partial charge in [0.1, 0.15) is 6.73 Å². The first-order chi connectivity index (χ1) is 7.74. The van der Waals surface area contributed by atoms with Gasteiger partial charge in [0.2, 0.25) is 0 Å². The summed E-state index contributed by atoms with van der Waals surface area (Å²) in [4.78, 5) is 0. The molecule has 2 nitrogen and oxygen atoms in total. The molecule has 0 aromatic heterocycles. The lowest BCUT2D eigenvalue weighted by molar-refractivity contribution is 0.291. The van der Waals surface area contributed by atoms with Crippen molar-refractivity contribution in [2.45, 2.75) is 59.3 Å². The van der Waals surface area contributed by atoms with Crippen molar-refractivity contribution in [3.05, 3.63) is 0 Å². The first-order valence-electron chi connectivity index (χ1n) is 6.86. The Hall–Kier alpha value is 0.270. The van der Waals surface area contributed by atoms with Gasteiger partial charge in [-0.2, -0.15) is 10.2 Å². The van der Waals surface area contributed by atoms with Crippen molar-refractivity contribution < 1.29 is 5.11 Å². The zero-order valence-electron chi connectivity index (χ0n) is 11.4. The van der Waals surface area contributed by atoms with E-state index in [1.807, 2.05) is 0 Å². The van der Waals surface area contributed by atoms with Gasteiger partial charge < -0.3 is 5.11 Å². The predicted molar refractivity (Wildman–Crippen MR) is 77.1 cm³/mol. The lowest BCUT2D eigenvalue weighted by atomic mass is 10.4. The summed E-state index contributed by atoms with van der Waals surface area (Å²) in [5.41, 5.74) is 0. The largest absolute Gasteiger partial charge is 0.381 e. The van der Waals surface area contributed by atoms with Gasteiger partial charge >= 0.3 is 0 Å². The molecule has 0 saturated heterocycles. The van der Waals surface area contributed by atoms with E-state index >= 15 is 0 Å². The molecule has 2 N–H and O–H groups in total. The molecule has 0 heterocycles. The number of hydrogen-bond donors (Lipinski definition) is 2. The van der Waals surface area contributed by atoms with Crippen LogP contribution in [0.15, 0.2) is 0 Å². The fraction of sp³-hybridized carbons (Fsp3) is 1.00. The molecule has 0 aliphatic rings. The van der Waals surface area contributed by atoms with Crippen LogP contribution < -0.4 is 4.72 Å². The van der Waals surface area contributed by atoms with Gasteiger partial charge in [0.05, 0.1) is 0 Å². The van der Waals surface area contributed by atoms with Gasteiger partial charge in [-0.3, -0.25) is 4.72 Å². The van der Waals surface area contributed by atoms with Crippen LogP contribution in [0.5, 0.6) is 0 Å². The SMILES string of the molecule is CCCCS(CCCC)(CCCC)NCO. The van der Waals surface area contributed by atoms with Crippen molar-refractivity contribution in [2.24, 2.45) is 0 Å². The molecule has 100 valence electrons. The van der Waals surface area contributed by atoms with E-state index in [-0.39, 0.29) is 6.73 Å². The molecule has 0 radical (unpaired) electrons. The van der Waals surface area contributed by atoms with Crippen LogP contribution in [-0.4, -0.2) is 29.1 Å². The Morgan fingerprint density at radius 1 is 0.812 bits per heavy atom. The molecule has 0 atom stereocenters. The fourth-order valence-electron chi connectivity index (χ4n) is 1.92. The molecule has 16 heavy (non-hydrogen) atoms. The Kier molecular flexibility index (Phi) is 10.6. The molecule has 0 fully saturated rings. The molecule has 0 aromatic rings. The van der Waals surface area contributed by atoms with Crippen molar-refractivity contribution in [1.82, 2.24) is 4.72 Å². The predicted octanol–water partition coefficient (Wildman–Crippen LogP) is 3.65. The molecule has 0 saturated carbocycles. The van der Waals surface area contributed by atoms with Gasteiger partial charge in [-0.15, -0.1) is 0 Å². The van der Waals surface area contributed by atoms with Gasteiger partial charge in [-0.25, -0.2) is 0 Å².